The molecule has 0 bridgehead atoms. The van der Waals surface area contributed by atoms with Crippen LogP contribution in [-0.4, -0.2) is 20.2 Å². The predicted molar refractivity (Wildman–Crippen MR) is 77.1 cm³/mol. The molecule has 100 valence electrons. The minimum Gasteiger partial charge on any atom is -0.508 e. The van der Waals surface area contributed by atoms with Crippen LogP contribution >= 0.6 is 15.9 Å². The van der Waals surface area contributed by atoms with Gasteiger partial charge in [0.15, 0.2) is 0 Å². The molecule has 5 nitrogen and oxygen atoms in total. The summed E-state index contributed by atoms with van der Waals surface area (Å²) in [5.74, 6) is 0.970. The number of rotatable bonds is 2. The standard InChI is InChI=1S/C14H10BrN3O2/c1-8-10(3-2-4-12(8)19)14-17-13(18-20-14)11-6-5-9(15)7-16-11/h2-7,19H,1H3. The summed E-state index contributed by atoms with van der Waals surface area (Å²) in [6.45, 7) is 1.80. The zero-order valence-electron chi connectivity index (χ0n) is 10.5. The maximum atomic E-state index is 9.71. The van der Waals surface area contributed by atoms with Crippen molar-refractivity contribution in [3.8, 4) is 28.7 Å². The van der Waals surface area contributed by atoms with Crippen molar-refractivity contribution in [2.75, 3.05) is 0 Å². The number of hydrogen-bond donors (Lipinski definition) is 1. The third-order valence-corrected chi connectivity index (χ3v) is 3.39. The highest BCUT2D eigenvalue weighted by molar-refractivity contribution is 9.10. The van der Waals surface area contributed by atoms with Crippen molar-refractivity contribution in [1.82, 2.24) is 15.1 Å². The van der Waals surface area contributed by atoms with Gasteiger partial charge in [0.1, 0.15) is 11.4 Å². The summed E-state index contributed by atoms with van der Waals surface area (Å²) in [5.41, 5.74) is 2.04. The molecule has 0 aliphatic carbocycles. The fraction of sp³-hybridized carbons (Fsp3) is 0.0714. The van der Waals surface area contributed by atoms with E-state index in [4.69, 9.17) is 4.52 Å². The lowest BCUT2D eigenvalue weighted by atomic mass is 10.1. The summed E-state index contributed by atoms with van der Waals surface area (Å²) in [6.07, 6.45) is 1.67. The Morgan fingerprint density at radius 1 is 1.20 bits per heavy atom. The zero-order valence-corrected chi connectivity index (χ0v) is 12.1. The maximum Gasteiger partial charge on any atom is 0.258 e. The van der Waals surface area contributed by atoms with Gasteiger partial charge in [0.05, 0.1) is 0 Å². The average Bonchev–Trinajstić information content (AvgIpc) is 2.92. The first-order valence-corrected chi connectivity index (χ1v) is 6.69. The minimum atomic E-state index is 0.198. The van der Waals surface area contributed by atoms with Crippen molar-refractivity contribution in [1.29, 1.82) is 0 Å². The molecule has 0 aliphatic rings. The molecule has 0 radical (unpaired) electrons. The molecule has 0 saturated heterocycles. The summed E-state index contributed by atoms with van der Waals surface area (Å²) < 4.78 is 6.13. The monoisotopic (exact) mass is 331 g/mol. The summed E-state index contributed by atoms with van der Waals surface area (Å²) >= 11 is 3.32. The molecular weight excluding hydrogens is 322 g/mol. The van der Waals surface area contributed by atoms with Crippen LogP contribution in [0.1, 0.15) is 5.56 Å². The van der Waals surface area contributed by atoms with Gasteiger partial charge in [-0.25, -0.2) is 0 Å². The summed E-state index contributed by atoms with van der Waals surface area (Å²) in [6, 6.07) is 8.83. The second-order valence-electron chi connectivity index (χ2n) is 4.23. The molecule has 0 atom stereocenters. The molecule has 2 aromatic heterocycles. The highest BCUT2D eigenvalue weighted by Gasteiger charge is 2.14. The van der Waals surface area contributed by atoms with Crippen LogP contribution in [0.15, 0.2) is 45.5 Å². The van der Waals surface area contributed by atoms with E-state index in [1.54, 1.807) is 31.3 Å². The Morgan fingerprint density at radius 2 is 2.05 bits per heavy atom. The molecule has 0 spiro atoms. The Bertz CT molecular complexity index is 753. The predicted octanol–water partition coefficient (Wildman–Crippen LogP) is 3.58. The first kappa shape index (κ1) is 12.8. The van der Waals surface area contributed by atoms with Gasteiger partial charge in [0.25, 0.3) is 5.89 Å². The van der Waals surface area contributed by atoms with Gasteiger partial charge >= 0.3 is 0 Å². The number of aromatic nitrogens is 3. The van der Waals surface area contributed by atoms with Gasteiger partial charge in [0, 0.05) is 21.8 Å². The van der Waals surface area contributed by atoms with Gasteiger partial charge in [-0.3, -0.25) is 4.98 Å². The molecule has 1 N–H and O–H groups in total. The van der Waals surface area contributed by atoms with E-state index in [1.165, 1.54) is 0 Å². The lowest BCUT2D eigenvalue weighted by Crippen LogP contribution is -1.86. The van der Waals surface area contributed by atoms with Crippen molar-refractivity contribution < 1.29 is 9.63 Å². The molecule has 0 saturated carbocycles. The van der Waals surface area contributed by atoms with Crippen LogP contribution in [0.3, 0.4) is 0 Å². The normalized spacial score (nSPS) is 10.7. The summed E-state index contributed by atoms with van der Waals surface area (Å²) in [5, 5.41) is 13.6. The van der Waals surface area contributed by atoms with Gasteiger partial charge in [-0.1, -0.05) is 11.2 Å². The summed E-state index contributed by atoms with van der Waals surface area (Å²) in [7, 11) is 0. The van der Waals surface area contributed by atoms with Crippen LogP contribution in [0.5, 0.6) is 5.75 Å². The number of phenols is 1. The Morgan fingerprint density at radius 3 is 2.80 bits per heavy atom. The zero-order chi connectivity index (χ0) is 14.1. The number of halogens is 1. The fourth-order valence-corrected chi connectivity index (χ4v) is 2.03. The largest absolute Gasteiger partial charge is 0.508 e. The van der Waals surface area contributed by atoms with Gasteiger partial charge in [-0.15, -0.1) is 0 Å². The number of nitrogens with zero attached hydrogens (tertiary/aromatic N) is 3. The Labute approximate surface area is 123 Å². The molecule has 2 heterocycles. The van der Waals surface area contributed by atoms with Crippen molar-refractivity contribution in [2.45, 2.75) is 6.92 Å². The van der Waals surface area contributed by atoms with E-state index in [0.717, 1.165) is 4.47 Å². The third kappa shape index (κ3) is 2.30. The van der Waals surface area contributed by atoms with Crippen LogP contribution in [0.4, 0.5) is 0 Å². The van der Waals surface area contributed by atoms with Gasteiger partial charge in [-0.2, -0.15) is 4.98 Å². The number of hydrogen-bond acceptors (Lipinski definition) is 5. The van der Waals surface area contributed by atoms with E-state index in [1.807, 2.05) is 12.1 Å². The molecule has 0 aliphatic heterocycles. The van der Waals surface area contributed by atoms with Gasteiger partial charge in [0.2, 0.25) is 5.82 Å². The average molecular weight is 332 g/mol. The molecule has 3 aromatic rings. The van der Waals surface area contributed by atoms with E-state index < -0.39 is 0 Å². The molecule has 0 unspecified atom stereocenters. The topological polar surface area (TPSA) is 72.0 Å². The molecule has 0 fully saturated rings. The number of phenolic OH excluding ortho intramolecular Hbond substituents is 1. The lowest BCUT2D eigenvalue weighted by Gasteiger charge is -2.01. The first-order valence-electron chi connectivity index (χ1n) is 5.90. The first-order chi connectivity index (χ1) is 9.65. The molecule has 1 aromatic carbocycles. The number of benzene rings is 1. The lowest BCUT2D eigenvalue weighted by molar-refractivity contribution is 0.430. The Hall–Kier alpha value is -2.21. The maximum absolute atomic E-state index is 9.71. The highest BCUT2D eigenvalue weighted by Crippen LogP contribution is 2.29. The van der Waals surface area contributed by atoms with E-state index >= 15 is 0 Å². The quantitative estimate of drug-likeness (QED) is 0.777. The third-order valence-electron chi connectivity index (χ3n) is 2.92. The second kappa shape index (κ2) is 5.05. The van der Waals surface area contributed by atoms with Crippen molar-refractivity contribution in [3.63, 3.8) is 0 Å². The van der Waals surface area contributed by atoms with E-state index in [2.05, 4.69) is 31.1 Å². The molecule has 6 heteroatoms. The summed E-state index contributed by atoms with van der Waals surface area (Å²) in [4.78, 5) is 8.53. The van der Waals surface area contributed by atoms with Gasteiger partial charge < -0.3 is 9.63 Å². The van der Waals surface area contributed by atoms with Crippen molar-refractivity contribution in [2.24, 2.45) is 0 Å². The molecule has 0 amide bonds. The van der Waals surface area contributed by atoms with Crippen molar-refractivity contribution >= 4 is 15.9 Å². The van der Waals surface area contributed by atoms with E-state index in [-0.39, 0.29) is 5.75 Å². The van der Waals surface area contributed by atoms with E-state index in [9.17, 15) is 5.11 Å². The van der Waals surface area contributed by atoms with Crippen LogP contribution in [-0.2, 0) is 0 Å². The molecule has 20 heavy (non-hydrogen) atoms. The van der Waals surface area contributed by atoms with Crippen LogP contribution < -0.4 is 0 Å². The highest BCUT2D eigenvalue weighted by atomic mass is 79.9. The second-order valence-corrected chi connectivity index (χ2v) is 5.15. The number of pyridine rings is 1. The molecule has 3 rings (SSSR count). The SMILES string of the molecule is Cc1c(O)cccc1-c1nc(-c2ccc(Br)cn2)no1. The molecular formula is C14H10BrN3O2. The van der Waals surface area contributed by atoms with E-state index in [0.29, 0.717) is 28.5 Å². The van der Waals surface area contributed by atoms with Crippen LogP contribution in [0.25, 0.3) is 23.0 Å². The van der Waals surface area contributed by atoms with Crippen molar-refractivity contribution in [3.05, 3.63) is 46.6 Å². The number of aromatic hydroxyl groups is 1. The fourth-order valence-electron chi connectivity index (χ4n) is 1.80. The minimum absolute atomic E-state index is 0.198. The van der Waals surface area contributed by atoms with Gasteiger partial charge in [-0.05, 0) is 47.1 Å². The Kier molecular flexibility index (Phi) is 3.23. The smallest absolute Gasteiger partial charge is 0.258 e. The van der Waals surface area contributed by atoms with Crippen LogP contribution in [0.2, 0.25) is 0 Å². The Balaban J connectivity index is 2.02. The van der Waals surface area contributed by atoms with Crippen LogP contribution in [0, 0.1) is 6.92 Å².